The van der Waals surface area contributed by atoms with Gasteiger partial charge in [-0.1, -0.05) is 91.4 Å². The molecule has 0 aromatic carbocycles. The molecule has 1 rings (SSSR count). The smallest absolute Gasteiger partial charge is 0.259 e. The van der Waals surface area contributed by atoms with Crippen LogP contribution in [0.5, 0.6) is 0 Å². The van der Waals surface area contributed by atoms with Crippen LogP contribution in [0.25, 0.3) is 0 Å². The molecule has 1 heterocycles. The molecule has 4 heteroatoms. The molecule has 0 unspecified atom stereocenters. The van der Waals surface area contributed by atoms with Gasteiger partial charge >= 0.3 is 0 Å². The minimum atomic E-state index is 0. The van der Waals surface area contributed by atoms with Gasteiger partial charge in [-0.05, 0) is 18.9 Å². The lowest BCUT2D eigenvalue weighted by molar-refractivity contribution is -0.697. The average molecular weight is 484 g/mol. The fourth-order valence-corrected chi connectivity index (χ4v) is 3.79. The number of hydrogen-bond acceptors (Lipinski definition) is 1. The second-order valence-corrected chi connectivity index (χ2v) is 8.51. The maximum absolute atomic E-state index is 13.2. The van der Waals surface area contributed by atoms with Crippen LogP contribution in [-0.4, -0.2) is 23.9 Å². The summed E-state index contributed by atoms with van der Waals surface area (Å²) in [6, 6.07) is 4.01. The summed E-state index contributed by atoms with van der Waals surface area (Å²) in [6.07, 6.45) is 21.7. The second-order valence-electron chi connectivity index (χ2n) is 8.51. The Morgan fingerprint density at radius 3 is 1.80 bits per heavy atom. The molecule has 0 aliphatic rings. The van der Waals surface area contributed by atoms with E-state index in [0.717, 1.165) is 44.5 Å². The standard InChI is InChI=1S/C26H47N2O.BrH/c1-4-7-10-12-14-16-22-28(23-17-15-13-11-8-5-2)26(29)25-19-18-21-27(24-25)20-9-6-3;/h18-19,21,24H,4-17,20,22-23H2,1-3H3;1H/q+1;/p-1. The maximum atomic E-state index is 13.2. The van der Waals surface area contributed by atoms with Gasteiger partial charge in [-0.15, -0.1) is 0 Å². The van der Waals surface area contributed by atoms with E-state index in [1.807, 2.05) is 18.3 Å². The summed E-state index contributed by atoms with van der Waals surface area (Å²) in [5, 5.41) is 0. The van der Waals surface area contributed by atoms with Crippen LogP contribution in [0.2, 0.25) is 0 Å². The van der Waals surface area contributed by atoms with Gasteiger partial charge in [0.2, 0.25) is 0 Å². The van der Waals surface area contributed by atoms with E-state index in [4.69, 9.17) is 0 Å². The molecule has 0 bridgehead atoms. The van der Waals surface area contributed by atoms with Crippen molar-refractivity contribution in [3.05, 3.63) is 30.1 Å². The average Bonchev–Trinajstić information content (AvgIpc) is 2.75. The summed E-state index contributed by atoms with van der Waals surface area (Å²) in [5.74, 6) is 0.220. The van der Waals surface area contributed by atoms with E-state index in [2.05, 4.69) is 36.4 Å². The Kier molecular flexibility index (Phi) is 19.4. The zero-order chi connectivity index (χ0) is 21.2. The van der Waals surface area contributed by atoms with Gasteiger partial charge in [-0.25, -0.2) is 4.57 Å². The van der Waals surface area contributed by atoms with Crippen LogP contribution in [0.4, 0.5) is 0 Å². The molecule has 0 N–H and O–H groups in total. The van der Waals surface area contributed by atoms with Crippen molar-refractivity contribution in [3.63, 3.8) is 0 Å². The van der Waals surface area contributed by atoms with Gasteiger partial charge in [0.25, 0.3) is 5.91 Å². The van der Waals surface area contributed by atoms with Crippen molar-refractivity contribution >= 4 is 5.91 Å². The van der Waals surface area contributed by atoms with Gasteiger partial charge < -0.3 is 21.9 Å². The van der Waals surface area contributed by atoms with E-state index in [1.54, 1.807) is 0 Å². The maximum Gasteiger partial charge on any atom is 0.259 e. The van der Waals surface area contributed by atoms with Gasteiger partial charge in [-0.3, -0.25) is 4.79 Å². The highest BCUT2D eigenvalue weighted by atomic mass is 79.9. The fourth-order valence-electron chi connectivity index (χ4n) is 3.79. The molecule has 0 spiro atoms. The third-order valence-electron chi connectivity index (χ3n) is 5.73. The van der Waals surface area contributed by atoms with E-state index in [9.17, 15) is 4.79 Å². The first-order valence-corrected chi connectivity index (χ1v) is 12.5. The number of nitrogens with zero attached hydrogens (tertiary/aromatic N) is 2. The van der Waals surface area contributed by atoms with Gasteiger partial charge in [-0.2, -0.15) is 0 Å². The number of carbonyl (C=O) groups is 1. The summed E-state index contributed by atoms with van der Waals surface area (Å²) < 4.78 is 2.17. The quantitative estimate of drug-likeness (QED) is 0.229. The number of unbranched alkanes of at least 4 members (excludes halogenated alkanes) is 11. The van der Waals surface area contributed by atoms with Crippen LogP contribution in [0.3, 0.4) is 0 Å². The predicted octanol–water partition coefficient (Wildman–Crippen LogP) is 3.94. The van der Waals surface area contributed by atoms with Gasteiger partial charge in [0.15, 0.2) is 12.4 Å². The summed E-state index contributed by atoms with van der Waals surface area (Å²) in [4.78, 5) is 15.3. The molecule has 0 saturated heterocycles. The van der Waals surface area contributed by atoms with E-state index in [1.165, 1.54) is 70.6 Å². The van der Waals surface area contributed by atoms with Crippen molar-refractivity contribution in [2.24, 2.45) is 0 Å². The molecule has 0 saturated carbocycles. The summed E-state index contributed by atoms with van der Waals surface area (Å²) >= 11 is 0. The number of hydrogen-bond donors (Lipinski definition) is 0. The zero-order valence-electron chi connectivity index (χ0n) is 20.0. The lowest BCUT2D eigenvalue weighted by Crippen LogP contribution is -3.00. The highest BCUT2D eigenvalue weighted by Crippen LogP contribution is 2.11. The Balaban J connectivity index is 0.00000841. The Morgan fingerprint density at radius 1 is 0.767 bits per heavy atom. The molecule has 30 heavy (non-hydrogen) atoms. The molecule has 1 aromatic rings. The number of carbonyl (C=O) groups excluding carboxylic acids is 1. The van der Waals surface area contributed by atoms with Crippen molar-refractivity contribution in [2.45, 2.75) is 117 Å². The number of halogens is 1. The topological polar surface area (TPSA) is 24.2 Å². The third-order valence-corrected chi connectivity index (χ3v) is 5.73. The normalized spacial score (nSPS) is 10.6. The monoisotopic (exact) mass is 482 g/mol. The van der Waals surface area contributed by atoms with Gasteiger partial charge in [0, 0.05) is 25.6 Å². The molecule has 0 radical (unpaired) electrons. The summed E-state index contributed by atoms with van der Waals surface area (Å²) in [6.45, 7) is 9.53. The fraction of sp³-hybridized carbons (Fsp3) is 0.769. The first-order valence-electron chi connectivity index (χ1n) is 12.5. The minimum Gasteiger partial charge on any atom is -1.00 e. The van der Waals surface area contributed by atoms with Crippen molar-refractivity contribution < 1.29 is 26.3 Å². The minimum absolute atomic E-state index is 0. The zero-order valence-corrected chi connectivity index (χ0v) is 21.6. The largest absolute Gasteiger partial charge is 1.00 e. The lowest BCUT2D eigenvalue weighted by atomic mass is 10.1. The highest BCUT2D eigenvalue weighted by molar-refractivity contribution is 5.93. The molecule has 0 atom stereocenters. The second kappa shape index (κ2) is 20.0. The molecular weight excluding hydrogens is 436 g/mol. The van der Waals surface area contributed by atoms with Crippen molar-refractivity contribution in [1.82, 2.24) is 4.90 Å². The first-order chi connectivity index (χ1) is 14.2. The van der Waals surface area contributed by atoms with E-state index in [-0.39, 0.29) is 22.9 Å². The molecule has 174 valence electrons. The van der Waals surface area contributed by atoms with E-state index >= 15 is 0 Å². The third kappa shape index (κ3) is 13.4. The number of amides is 1. The van der Waals surface area contributed by atoms with E-state index < -0.39 is 0 Å². The first kappa shape index (κ1) is 29.1. The number of aryl methyl sites for hydroxylation is 1. The molecule has 3 nitrogen and oxygen atoms in total. The predicted molar refractivity (Wildman–Crippen MR) is 124 cm³/mol. The van der Waals surface area contributed by atoms with Crippen LogP contribution in [-0.2, 0) is 6.54 Å². The molecule has 0 aliphatic heterocycles. The van der Waals surface area contributed by atoms with Crippen molar-refractivity contribution in [3.8, 4) is 0 Å². The number of aromatic nitrogens is 1. The summed E-state index contributed by atoms with van der Waals surface area (Å²) in [7, 11) is 0. The SMILES string of the molecule is CCCCCCCCN(CCCCCCCC)C(=O)c1ccc[n+](CCCC)c1.[Br-]. The molecular formula is C26H47BrN2O. The molecule has 0 fully saturated rings. The molecule has 1 amide bonds. The number of rotatable bonds is 18. The van der Waals surface area contributed by atoms with Crippen LogP contribution in [0.1, 0.15) is 121 Å². The Bertz CT molecular complexity index is 520. The highest BCUT2D eigenvalue weighted by Gasteiger charge is 2.18. The van der Waals surface area contributed by atoms with Crippen LogP contribution < -0.4 is 21.5 Å². The Labute approximate surface area is 197 Å². The lowest BCUT2D eigenvalue weighted by Gasteiger charge is -2.22. The van der Waals surface area contributed by atoms with Crippen LogP contribution in [0, 0.1) is 0 Å². The number of pyridine rings is 1. The van der Waals surface area contributed by atoms with Gasteiger partial charge in [0.1, 0.15) is 12.1 Å². The Hall–Kier alpha value is -0.900. The Morgan fingerprint density at radius 2 is 1.27 bits per heavy atom. The van der Waals surface area contributed by atoms with Crippen molar-refractivity contribution in [2.75, 3.05) is 13.1 Å². The molecule has 0 aliphatic carbocycles. The summed E-state index contributed by atoms with van der Waals surface area (Å²) in [5.41, 5.74) is 0.848. The van der Waals surface area contributed by atoms with Gasteiger partial charge in [0.05, 0.1) is 0 Å². The van der Waals surface area contributed by atoms with E-state index in [0.29, 0.717) is 0 Å². The molecule has 1 aromatic heterocycles. The van der Waals surface area contributed by atoms with Crippen molar-refractivity contribution in [1.29, 1.82) is 0 Å². The van der Waals surface area contributed by atoms with Crippen LogP contribution >= 0.6 is 0 Å². The van der Waals surface area contributed by atoms with Crippen LogP contribution in [0.15, 0.2) is 24.5 Å².